The lowest BCUT2D eigenvalue weighted by Crippen LogP contribution is -2.42. The van der Waals surface area contributed by atoms with Gasteiger partial charge in [-0.05, 0) is 37.1 Å². The molecule has 2 aliphatic rings. The van der Waals surface area contributed by atoms with E-state index in [0.29, 0.717) is 12.0 Å². The van der Waals surface area contributed by atoms with Gasteiger partial charge in [-0.25, -0.2) is 0 Å². The fourth-order valence-electron chi connectivity index (χ4n) is 3.31. The van der Waals surface area contributed by atoms with Crippen LogP contribution in [-0.2, 0) is 0 Å². The number of rotatable bonds is 3. The summed E-state index contributed by atoms with van der Waals surface area (Å²) in [5.74, 6) is 0.709. The van der Waals surface area contributed by atoms with E-state index in [1.807, 2.05) is 30.5 Å². The molecule has 3 atom stereocenters. The van der Waals surface area contributed by atoms with E-state index in [1.54, 1.807) is 6.20 Å². The molecule has 1 N–H and O–H groups in total. The maximum absolute atomic E-state index is 12.4. The van der Waals surface area contributed by atoms with Crippen LogP contribution in [0.25, 0.3) is 10.4 Å². The summed E-state index contributed by atoms with van der Waals surface area (Å²) in [6.45, 7) is 3.36. The number of nitrogens with zero attached hydrogens (tertiary/aromatic N) is 2. The van der Waals surface area contributed by atoms with E-state index in [0.717, 1.165) is 28.4 Å². The number of piperidine rings is 1. The summed E-state index contributed by atoms with van der Waals surface area (Å²) >= 11 is 1.53. The molecule has 0 aliphatic carbocycles. The number of hydrogen-bond donors (Lipinski definition) is 1. The average molecular weight is 299 g/mol. The van der Waals surface area contributed by atoms with Crippen molar-refractivity contribution in [2.45, 2.75) is 12.5 Å². The van der Waals surface area contributed by atoms with Crippen LogP contribution in [0.4, 0.5) is 0 Å². The lowest BCUT2D eigenvalue weighted by atomic mass is 10.00. The molecule has 2 aliphatic heterocycles. The predicted octanol–water partition coefficient (Wildman–Crippen LogP) is 2.24. The van der Waals surface area contributed by atoms with E-state index >= 15 is 0 Å². The van der Waals surface area contributed by atoms with Gasteiger partial charge in [0.05, 0.1) is 4.88 Å². The third-order valence-corrected chi connectivity index (χ3v) is 5.56. The topological polar surface area (TPSA) is 45.2 Å². The highest BCUT2D eigenvalue weighted by molar-refractivity contribution is 7.17. The standard InChI is InChI=1S/C16H17N3OS/c20-16(18-13-10-19-7-5-12(13)9-19)15-4-3-14(21-15)11-2-1-6-17-8-11/h1-4,6,8,12-13H,5,7,9-10H2,(H,18,20). The van der Waals surface area contributed by atoms with Crippen molar-refractivity contribution in [2.24, 2.45) is 5.92 Å². The molecule has 0 spiro atoms. The molecular formula is C16H17N3OS. The zero-order valence-electron chi connectivity index (χ0n) is 11.7. The molecule has 3 unspecified atom stereocenters. The Hall–Kier alpha value is -1.72. The van der Waals surface area contributed by atoms with Gasteiger partial charge in [-0.1, -0.05) is 6.07 Å². The SMILES string of the molecule is O=C(NC1CN2CCC1C2)c1ccc(-c2cccnc2)s1. The largest absolute Gasteiger partial charge is 0.347 e. The minimum Gasteiger partial charge on any atom is -0.347 e. The van der Waals surface area contributed by atoms with Crippen molar-refractivity contribution in [3.8, 4) is 10.4 Å². The molecule has 0 aromatic carbocycles. The Morgan fingerprint density at radius 1 is 1.33 bits per heavy atom. The normalized spacial score (nSPS) is 27.0. The molecule has 2 bridgehead atoms. The summed E-state index contributed by atoms with van der Waals surface area (Å²) in [6.07, 6.45) is 4.81. The first-order chi connectivity index (χ1) is 10.3. The third kappa shape index (κ3) is 2.47. The second kappa shape index (κ2) is 5.24. The average Bonchev–Trinajstić information content (AvgIpc) is 3.24. The van der Waals surface area contributed by atoms with Crippen LogP contribution < -0.4 is 5.32 Å². The number of fused-ring (bicyclic) bond motifs is 2. The molecule has 2 aromatic heterocycles. The Kier molecular flexibility index (Phi) is 3.24. The van der Waals surface area contributed by atoms with Crippen LogP contribution in [0, 0.1) is 5.92 Å². The van der Waals surface area contributed by atoms with E-state index < -0.39 is 0 Å². The zero-order valence-corrected chi connectivity index (χ0v) is 12.5. The number of pyridine rings is 1. The van der Waals surface area contributed by atoms with Crippen molar-refractivity contribution < 1.29 is 4.79 Å². The van der Waals surface area contributed by atoms with Crippen molar-refractivity contribution in [2.75, 3.05) is 19.6 Å². The molecule has 1 amide bonds. The van der Waals surface area contributed by atoms with Gasteiger partial charge in [0.25, 0.3) is 5.91 Å². The second-order valence-corrected chi connectivity index (χ2v) is 6.88. The maximum atomic E-state index is 12.4. The lowest BCUT2D eigenvalue weighted by molar-refractivity contribution is 0.0928. The quantitative estimate of drug-likeness (QED) is 0.945. The molecule has 2 saturated heterocycles. The molecule has 108 valence electrons. The number of carbonyl (C=O) groups is 1. The monoisotopic (exact) mass is 299 g/mol. The number of amides is 1. The van der Waals surface area contributed by atoms with Crippen molar-refractivity contribution in [3.05, 3.63) is 41.5 Å². The minimum atomic E-state index is 0.0638. The number of aromatic nitrogens is 1. The van der Waals surface area contributed by atoms with Crippen LogP contribution in [-0.4, -0.2) is 41.5 Å². The maximum Gasteiger partial charge on any atom is 0.261 e. The van der Waals surface area contributed by atoms with E-state index in [1.165, 1.54) is 24.3 Å². The smallest absolute Gasteiger partial charge is 0.261 e. The summed E-state index contributed by atoms with van der Waals surface area (Å²) in [5.41, 5.74) is 1.06. The Balaban J connectivity index is 1.47. The number of hydrogen-bond acceptors (Lipinski definition) is 4. The van der Waals surface area contributed by atoms with E-state index in [-0.39, 0.29) is 5.91 Å². The fraction of sp³-hybridized carbons (Fsp3) is 0.375. The van der Waals surface area contributed by atoms with E-state index in [9.17, 15) is 4.79 Å². The van der Waals surface area contributed by atoms with Gasteiger partial charge in [0, 0.05) is 42.0 Å². The van der Waals surface area contributed by atoms with Gasteiger partial charge in [-0.15, -0.1) is 11.3 Å². The molecule has 0 radical (unpaired) electrons. The second-order valence-electron chi connectivity index (χ2n) is 5.79. The summed E-state index contributed by atoms with van der Waals surface area (Å²) in [7, 11) is 0. The molecule has 4 rings (SSSR count). The molecule has 21 heavy (non-hydrogen) atoms. The first-order valence-electron chi connectivity index (χ1n) is 7.33. The molecule has 4 heterocycles. The third-order valence-electron chi connectivity index (χ3n) is 4.43. The lowest BCUT2D eigenvalue weighted by Gasteiger charge is -2.22. The number of nitrogens with one attached hydrogen (secondary N) is 1. The molecule has 2 fully saturated rings. The van der Waals surface area contributed by atoms with Crippen molar-refractivity contribution in [3.63, 3.8) is 0 Å². The predicted molar refractivity (Wildman–Crippen MR) is 83.4 cm³/mol. The van der Waals surface area contributed by atoms with Crippen molar-refractivity contribution >= 4 is 17.2 Å². The summed E-state index contributed by atoms with van der Waals surface area (Å²) in [6, 6.07) is 8.18. The van der Waals surface area contributed by atoms with Gasteiger partial charge < -0.3 is 10.2 Å². The van der Waals surface area contributed by atoms with Crippen LogP contribution in [0.1, 0.15) is 16.1 Å². The van der Waals surface area contributed by atoms with Gasteiger partial charge in [0.1, 0.15) is 0 Å². The van der Waals surface area contributed by atoms with Gasteiger partial charge in [0.2, 0.25) is 0 Å². The Morgan fingerprint density at radius 3 is 3.00 bits per heavy atom. The van der Waals surface area contributed by atoms with Crippen molar-refractivity contribution in [1.82, 2.24) is 15.2 Å². The first-order valence-corrected chi connectivity index (χ1v) is 8.15. The molecule has 4 nitrogen and oxygen atoms in total. The first kappa shape index (κ1) is 13.0. The number of thiophene rings is 1. The zero-order chi connectivity index (χ0) is 14.2. The minimum absolute atomic E-state index is 0.0638. The highest BCUT2D eigenvalue weighted by Crippen LogP contribution is 2.30. The van der Waals surface area contributed by atoms with Crippen LogP contribution >= 0.6 is 11.3 Å². The van der Waals surface area contributed by atoms with E-state index in [4.69, 9.17) is 0 Å². The fourth-order valence-corrected chi connectivity index (χ4v) is 4.21. The molecule has 2 aromatic rings. The molecular weight excluding hydrogens is 282 g/mol. The van der Waals surface area contributed by atoms with Gasteiger partial charge >= 0.3 is 0 Å². The molecule has 0 saturated carbocycles. The van der Waals surface area contributed by atoms with Gasteiger partial charge in [-0.2, -0.15) is 0 Å². The van der Waals surface area contributed by atoms with Crippen LogP contribution in [0.3, 0.4) is 0 Å². The van der Waals surface area contributed by atoms with Crippen LogP contribution in [0.5, 0.6) is 0 Å². The van der Waals surface area contributed by atoms with Crippen LogP contribution in [0.2, 0.25) is 0 Å². The summed E-state index contributed by atoms with van der Waals surface area (Å²) in [4.78, 5) is 20.8. The Labute approximate surface area is 127 Å². The molecule has 5 heteroatoms. The summed E-state index contributed by atoms with van der Waals surface area (Å²) in [5, 5.41) is 3.21. The Morgan fingerprint density at radius 2 is 2.29 bits per heavy atom. The van der Waals surface area contributed by atoms with Crippen molar-refractivity contribution in [1.29, 1.82) is 0 Å². The van der Waals surface area contributed by atoms with E-state index in [2.05, 4.69) is 15.2 Å². The van der Waals surface area contributed by atoms with Crippen LogP contribution in [0.15, 0.2) is 36.7 Å². The highest BCUT2D eigenvalue weighted by Gasteiger charge is 2.38. The van der Waals surface area contributed by atoms with Gasteiger partial charge in [-0.3, -0.25) is 9.78 Å². The van der Waals surface area contributed by atoms with Gasteiger partial charge in [0.15, 0.2) is 0 Å². The number of carbonyl (C=O) groups excluding carboxylic acids is 1. The highest BCUT2D eigenvalue weighted by atomic mass is 32.1. The summed E-state index contributed by atoms with van der Waals surface area (Å²) < 4.78 is 0. The Bertz CT molecular complexity index is 655.